The topological polar surface area (TPSA) is 132 Å². The van der Waals surface area contributed by atoms with E-state index in [0.29, 0.717) is 18.9 Å². The van der Waals surface area contributed by atoms with Crippen LogP contribution in [0.3, 0.4) is 0 Å². The molecule has 4 aromatic rings. The number of pyridine rings is 3. The van der Waals surface area contributed by atoms with E-state index < -0.39 is 48.5 Å². The highest BCUT2D eigenvalue weighted by Crippen LogP contribution is 2.37. The Bertz CT molecular complexity index is 1840. The highest BCUT2D eigenvalue weighted by atomic mass is 35.5. The van der Waals surface area contributed by atoms with Gasteiger partial charge in [-0.2, -0.15) is 31.3 Å². The molecule has 0 spiro atoms. The van der Waals surface area contributed by atoms with Gasteiger partial charge in [0.25, 0.3) is 5.56 Å². The van der Waals surface area contributed by atoms with Gasteiger partial charge >= 0.3 is 12.4 Å². The highest BCUT2D eigenvalue weighted by Gasteiger charge is 2.37. The third kappa shape index (κ3) is 7.97. The zero-order chi connectivity index (χ0) is 34.2. The SMILES string of the molecule is Cn1cc(C(F)(F)F)cc(Nc2nc3ncc(Oc4cnc(NCOCC[Si](C)(C)C)c(C(=N)C(F)(F)F)c4)c(Cl)c3n2C)c1=O. The molecule has 0 atom stereocenters. The van der Waals surface area contributed by atoms with E-state index in [1.807, 2.05) is 0 Å². The van der Waals surface area contributed by atoms with Crippen molar-refractivity contribution in [1.29, 1.82) is 5.41 Å². The molecular weight excluding hydrogens is 662 g/mol. The number of nitrogens with zero attached hydrogens (tertiary/aromatic N) is 5. The maximum absolute atomic E-state index is 13.5. The van der Waals surface area contributed by atoms with Crippen molar-refractivity contribution in [3.8, 4) is 11.5 Å². The Hall–Kier alpha value is -4.16. The Morgan fingerprint density at radius 3 is 2.41 bits per heavy atom. The minimum absolute atomic E-state index is 0.0255. The molecule has 4 heterocycles. The van der Waals surface area contributed by atoms with Crippen LogP contribution in [-0.4, -0.2) is 57.4 Å². The first-order valence-corrected chi connectivity index (χ1v) is 17.6. The molecule has 3 N–H and O–H groups in total. The molecule has 0 aliphatic heterocycles. The average molecular weight is 691 g/mol. The Balaban J connectivity index is 1.62. The van der Waals surface area contributed by atoms with Gasteiger partial charge in [-0.3, -0.25) is 10.2 Å². The standard InChI is InChI=1S/C27H29ClF6N8O3Si/c1-41-12-14(26(29,30)31)8-17(24(41)43)39-25-40-23-20(42(25)2)19(28)18(11-37-23)45-15-9-16(21(35)27(32,33)34)22(36-10-15)38-13-44-6-7-46(3,4)5/h8-12,35H,6-7,13H2,1-5H3,(H,36,38)(H,37,39,40). The zero-order valence-electron chi connectivity index (χ0n) is 25.1. The van der Waals surface area contributed by atoms with Crippen molar-refractivity contribution in [3.63, 3.8) is 0 Å². The first-order valence-electron chi connectivity index (χ1n) is 13.5. The van der Waals surface area contributed by atoms with E-state index in [9.17, 15) is 31.1 Å². The monoisotopic (exact) mass is 690 g/mol. The van der Waals surface area contributed by atoms with Crippen LogP contribution in [0, 0.1) is 5.41 Å². The third-order valence-electron chi connectivity index (χ3n) is 6.54. The van der Waals surface area contributed by atoms with Crippen LogP contribution in [0.15, 0.2) is 35.5 Å². The van der Waals surface area contributed by atoms with Gasteiger partial charge in [0, 0.05) is 35.0 Å². The zero-order valence-corrected chi connectivity index (χ0v) is 26.9. The molecule has 0 unspecified atom stereocenters. The van der Waals surface area contributed by atoms with Gasteiger partial charge in [-0.15, -0.1) is 0 Å². The number of fused-ring (bicyclic) bond motifs is 1. The van der Waals surface area contributed by atoms with Crippen LogP contribution in [-0.2, 0) is 25.0 Å². The van der Waals surface area contributed by atoms with Crippen LogP contribution in [0.25, 0.3) is 11.2 Å². The molecule has 0 aliphatic carbocycles. The van der Waals surface area contributed by atoms with Gasteiger partial charge in [0.1, 0.15) is 40.2 Å². The van der Waals surface area contributed by atoms with E-state index in [4.69, 9.17) is 26.5 Å². The van der Waals surface area contributed by atoms with Gasteiger partial charge in [-0.25, -0.2) is 9.97 Å². The Morgan fingerprint density at radius 2 is 1.78 bits per heavy atom. The molecule has 19 heteroatoms. The summed E-state index contributed by atoms with van der Waals surface area (Å²) in [5, 5.41) is 12.9. The van der Waals surface area contributed by atoms with E-state index in [0.717, 1.165) is 29.1 Å². The lowest BCUT2D eigenvalue weighted by Gasteiger charge is -2.17. The number of halogens is 7. The molecule has 0 fully saturated rings. The van der Waals surface area contributed by atoms with E-state index in [1.54, 1.807) is 0 Å². The second-order valence-corrected chi connectivity index (χ2v) is 17.4. The fourth-order valence-electron chi connectivity index (χ4n) is 4.05. The van der Waals surface area contributed by atoms with Gasteiger partial charge < -0.3 is 29.2 Å². The number of aromatic nitrogens is 5. The third-order valence-corrected chi connectivity index (χ3v) is 8.61. The van der Waals surface area contributed by atoms with Crippen molar-refractivity contribution in [3.05, 3.63) is 57.2 Å². The fourth-order valence-corrected chi connectivity index (χ4v) is 5.11. The number of anilines is 3. The minimum atomic E-state index is -4.99. The van der Waals surface area contributed by atoms with Gasteiger partial charge in [0.05, 0.1) is 23.5 Å². The summed E-state index contributed by atoms with van der Waals surface area (Å²) in [6.45, 7) is 6.74. The summed E-state index contributed by atoms with van der Waals surface area (Å²) in [5.41, 5.74) is -4.34. The fraction of sp³-hybridized carbons (Fsp3) is 0.370. The van der Waals surface area contributed by atoms with Crippen LogP contribution in [0.1, 0.15) is 11.1 Å². The van der Waals surface area contributed by atoms with Gasteiger partial charge in [0.15, 0.2) is 11.4 Å². The Kier molecular flexibility index (Phi) is 9.74. The molecule has 0 aromatic carbocycles. The number of ether oxygens (including phenoxy) is 2. The molecule has 0 saturated carbocycles. The van der Waals surface area contributed by atoms with Gasteiger partial charge in [-0.1, -0.05) is 31.2 Å². The lowest BCUT2D eigenvalue weighted by atomic mass is 10.1. The van der Waals surface area contributed by atoms with Crippen LogP contribution in [0.2, 0.25) is 30.7 Å². The molecule has 11 nitrogen and oxygen atoms in total. The van der Waals surface area contributed by atoms with Crippen molar-refractivity contribution in [2.75, 3.05) is 24.0 Å². The maximum Gasteiger partial charge on any atom is 0.433 e. The normalized spacial score (nSPS) is 12.4. The molecule has 0 saturated heterocycles. The lowest BCUT2D eigenvalue weighted by molar-refractivity contribution is -0.138. The predicted molar refractivity (Wildman–Crippen MR) is 163 cm³/mol. The number of rotatable bonds is 11. The summed E-state index contributed by atoms with van der Waals surface area (Å²) in [7, 11) is 1.23. The molecular formula is C27H29ClF6N8O3Si. The molecule has 4 rings (SSSR count). The van der Waals surface area contributed by atoms with Crippen molar-refractivity contribution >= 4 is 54.0 Å². The number of hydrogen-bond acceptors (Lipinski definition) is 9. The van der Waals surface area contributed by atoms with Gasteiger partial charge in [0.2, 0.25) is 5.95 Å². The second-order valence-electron chi connectivity index (χ2n) is 11.4. The van der Waals surface area contributed by atoms with Gasteiger partial charge in [-0.05, 0) is 18.2 Å². The molecule has 46 heavy (non-hydrogen) atoms. The summed E-state index contributed by atoms with van der Waals surface area (Å²) in [6.07, 6.45) is -6.79. The number of aryl methyl sites for hydroxylation is 2. The average Bonchev–Trinajstić information content (AvgIpc) is 3.26. The molecule has 248 valence electrons. The van der Waals surface area contributed by atoms with Crippen molar-refractivity contribution in [1.82, 2.24) is 24.1 Å². The van der Waals surface area contributed by atoms with E-state index in [1.165, 1.54) is 18.7 Å². The lowest BCUT2D eigenvalue weighted by Crippen LogP contribution is -2.25. The summed E-state index contributed by atoms with van der Waals surface area (Å²) in [4.78, 5) is 24.9. The summed E-state index contributed by atoms with van der Waals surface area (Å²) >= 11 is 6.55. The first kappa shape index (κ1) is 34.7. The van der Waals surface area contributed by atoms with Crippen LogP contribution in [0.4, 0.5) is 43.8 Å². The molecule has 0 bridgehead atoms. The smallest absolute Gasteiger partial charge is 0.433 e. The van der Waals surface area contributed by atoms with Crippen LogP contribution in [0.5, 0.6) is 11.5 Å². The Labute approximate surface area is 264 Å². The van der Waals surface area contributed by atoms with E-state index in [-0.39, 0.29) is 46.2 Å². The van der Waals surface area contributed by atoms with Crippen molar-refractivity contribution in [2.45, 2.75) is 38.0 Å². The van der Waals surface area contributed by atoms with E-state index in [2.05, 4.69) is 45.2 Å². The van der Waals surface area contributed by atoms with Crippen molar-refractivity contribution < 1.29 is 35.8 Å². The van der Waals surface area contributed by atoms with E-state index >= 15 is 0 Å². The molecule has 0 aliphatic rings. The predicted octanol–water partition coefficient (Wildman–Crippen LogP) is 6.92. The maximum atomic E-state index is 13.5. The molecule has 4 aromatic heterocycles. The summed E-state index contributed by atoms with van der Waals surface area (Å²) in [5.74, 6) is -0.654. The summed E-state index contributed by atoms with van der Waals surface area (Å²) < 4.78 is 93.9. The largest absolute Gasteiger partial charge is 0.452 e. The molecule has 0 amide bonds. The second kappa shape index (κ2) is 12.9. The number of alkyl halides is 6. The highest BCUT2D eigenvalue weighted by molar-refractivity contribution is 6.76. The number of hydrogen-bond donors (Lipinski definition) is 3. The number of nitrogens with one attached hydrogen (secondary N) is 3. The first-order chi connectivity index (χ1) is 21.3. The molecule has 0 radical (unpaired) electrons. The minimum Gasteiger partial charge on any atom is -0.452 e. The summed E-state index contributed by atoms with van der Waals surface area (Å²) in [6, 6.07) is 2.46. The quantitative estimate of drug-likeness (QED) is 0.0508. The van der Waals surface area contributed by atoms with Crippen molar-refractivity contribution in [2.24, 2.45) is 14.1 Å². The number of imidazole rings is 1. The van der Waals surface area contributed by atoms with Crippen LogP contribution < -0.4 is 20.9 Å². The Morgan fingerprint density at radius 1 is 1.09 bits per heavy atom. The van der Waals surface area contributed by atoms with Crippen LogP contribution >= 0.6 is 11.6 Å².